The number of rotatable bonds is 7. The number of hydrogen-bond acceptors (Lipinski definition) is 4. The SMILES string of the molecule is CN(C)CCCN(Cc1cccs1)C(=O)c1cccs1. The number of amides is 1. The van der Waals surface area contributed by atoms with Crippen molar-refractivity contribution in [1.82, 2.24) is 9.80 Å². The summed E-state index contributed by atoms with van der Waals surface area (Å²) in [6.07, 6.45) is 0.996. The Morgan fingerprint density at radius 1 is 1.10 bits per heavy atom. The van der Waals surface area contributed by atoms with Crippen LogP contribution >= 0.6 is 22.7 Å². The molecule has 0 atom stereocenters. The maximum Gasteiger partial charge on any atom is 0.264 e. The van der Waals surface area contributed by atoms with Crippen LogP contribution in [0.1, 0.15) is 21.0 Å². The Morgan fingerprint density at radius 3 is 2.45 bits per heavy atom. The molecule has 0 bridgehead atoms. The van der Waals surface area contributed by atoms with Crippen LogP contribution in [0.2, 0.25) is 0 Å². The molecule has 5 heteroatoms. The van der Waals surface area contributed by atoms with Gasteiger partial charge in [-0.3, -0.25) is 4.79 Å². The minimum absolute atomic E-state index is 0.146. The molecule has 1 amide bonds. The van der Waals surface area contributed by atoms with Crippen molar-refractivity contribution in [1.29, 1.82) is 0 Å². The van der Waals surface area contributed by atoms with Gasteiger partial charge in [-0.05, 0) is 50.0 Å². The molecule has 2 aromatic heterocycles. The molecule has 0 fully saturated rings. The zero-order valence-corrected chi connectivity index (χ0v) is 13.5. The number of hydrogen-bond donors (Lipinski definition) is 0. The Bertz CT molecular complexity index is 506. The van der Waals surface area contributed by atoms with Gasteiger partial charge in [-0.25, -0.2) is 0 Å². The van der Waals surface area contributed by atoms with Crippen LogP contribution in [0.3, 0.4) is 0 Å². The predicted molar refractivity (Wildman–Crippen MR) is 86.5 cm³/mol. The van der Waals surface area contributed by atoms with Crippen LogP contribution in [0.15, 0.2) is 35.0 Å². The van der Waals surface area contributed by atoms with Gasteiger partial charge in [0.05, 0.1) is 11.4 Å². The van der Waals surface area contributed by atoms with Gasteiger partial charge >= 0.3 is 0 Å². The van der Waals surface area contributed by atoms with E-state index >= 15 is 0 Å². The Kier molecular flexibility index (Phi) is 5.76. The van der Waals surface area contributed by atoms with Gasteiger partial charge in [-0.15, -0.1) is 22.7 Å². The molecule has 20 heavy (non-hydrogen) atoms. The monoisotopic (exact) mass is 308 g/mol. The highest BCUT2D eigenvalue weighted by molar-refractivity contribution is 7.12. The molecular weight excluding hydrogens is 288 g/mol. The molecule has 0 radical (unpaired) electrons. The quantitative estimate of drug-likeness (QED) is 0.782. The minimum atomic E-state index is 0.146. The van der Waals surface area contributed by atoms with Crippen LogP contribution in [0.25, 0.3) is 0 Å². The fourth-order valence-corrected chi connectivity index (χ4v) is 3.39. The molecule has 2 rings (SSSR count). The third-order valence-electron chi connectivity index (χ3n) is 2.98. The van der Waals surface area contributed by atoms with Gasteiger partial charge in [0.2, 0.25) is 0 Å². The molecule has 0 aliphatic heterocycles. The normalized spacial score (nSPS) is 10.9. The minimum Gasteiger partial charge on any atom is -0.333 e. The summed E-state index contributed by atoms with van der Waals surface area (Å²) < 4.78 is 0. The van der Waals surface area contributed by atoms with Gasteiger partial charge in [-0.1, -0.05) is 12.1 Å². The first-order chi connectivity index (χ1) is 9.66. The molecule has 2 heterocycles. The molecule has 108 valence electrons. The van der Waals surface area contributed by atoms with Crippen molar-refractivity contribution in [2.24, 2.45) is 0 Å². The second-order valence-corrected chi connectivity index (χ2v) is 6.92. The van der Waals surface area contributed by atoms with Crippen LogP contribution in [0, 0.1) is 0 Å². The summed E-state index contributed by atoms with van der Waals surface area (Å²) in [7, 11) is 4.12. The van der Waals surface area contributed by atoms with Crippen molar-refractivity contribution < 1.29 is 4.79 Å². The molecule has 2 aromatic rings. The van der Waals surface area contributed by atoms with Crippen LogP contribution < -0.4 is 0 Å². The highest BCUT2D eigenvalue weighted by Crippen LogP contribution is 2.17. The predicted octanol–water partition coefficient (Wildman–Crippen LogP) is 3.40. The van der Waals surface area contributed by atoms with E-state index in [-0.39, 0.29) is 5.91 Å². The Hall–Kier alpha value is -1.17. The summed E-state index contributed by atoms with van der Waals surface area (Å²) >= 11 is 3.22. The van der Waals surface area contributed by atoms with Gasteiger partial charge in [0.15, 0.2) is 0 Å². The Balaban J connectivity index is 2.01. The van der Waals surface area contributed by atoms with Gasteiger partial charge in [0.25, 0.3) is 5.91 Å². The first kappa shape index (κ1) is 15.2. The second kappa shape index (κ2) is 7.57. The van der Waals surface area contributed by atoms with Crippen LogP contribution in [-0.4, -0.2) is 42.9 Å². The zero-order chi connectivity index (χ0) is 14.4. The molecule has 0 saturated carbocycles. The highest BCUT2D eigenvalue weighted by Gasteiger charge is 2.17. The molecule has 0 aromatic carbocycles. The van der Waals surface area contributed by atoms with E-state index < -0.39 is 0 Å². The maximum absolute atomic E-state index is 12.5. The average molecular weight is 308 g/mol. The van der Waals surface area contributed by atoms with Crippen molar-refractivity contribution in [2.45, 2.75) is 13.0 Å². The van der Waals surface area contributed by atoms with E-state index in [1.807, 2.05) is 28.5 Å². The van der Waals surface area contributed by atoms with Gasteiger partial charge in [0, 0.05) is 11.4 Å². The number of nitrogens with zero attached hydrogens (tertiary/aromatic N) is 2. The van der Waals surface area contributed by atoms with E-state index in [0.29, 0.717) is 6.54 Å². The largest absolute Gasteiger partial charge is 0.333 e. The summed E-state index contributed by atoms with van der Waals surface area (Å²) in [5, 5.41) is 4.01. The number of carbonyl (C=O) groups excluding carboxylic acids is 1. The number of thiophene rings is 2. The topological polar surface area (TPSA) is 23.6 Å². The third kappa shape index (κ3) is 4.44. The summed E-state index contributed by atoms with van der Waals surface area (Å²) in [4.78, 5) is 18.7. The van der Waals surface area contributed by atoms with Crippen molar-refractivity contribution in [3.8, 4) is 0 Å². The molecular formula is C15H20N2OS2. The maximum atomic E-state index is 12.5. The van der Waals surface area contributed by atoms with Crippen molar-refractivity contribution in [3.05, 3.63) is 44.8 Å². The van der Waals surface area contributed by atoms with Crippen LogP contribution in [-0.2, 0) is 6.54 Å². The van der Waals surface area contributed by atoms with Gasteiger partial charge in [0.1, 0.15) is 0 Å². The van der Waals surface area contributed by atoms with E-state index in [9.17, 15) is 4.79 Å². The van der Waals surface area contributed by atoms with E-state index in [4.69, 9.17) is 0 Å². The first-order valence-electron chi connectivity index (χ1n) is 6.66. The summed E-state index contributed by atoms with van der Waals surface area (Å²) in [5.41, 5.74) is 0. The fraction of sp³-hybridized carbons (Fsp3) is 0.400. The van der Waals surface area contributed by atoms with E-state index in [1.54, 1.807) is 11.3 Å². The molecule has 0 unspecified atom stereocenters. The molecule has 0 aliphatic rings. The lowest BCUT2D eigenvalue weighted by Gasteiger charge is -2.22. The highest BCUT2D eigenvalue weighted by atomic mass is 32.1. The van der Waals surface area contributed by atoms with Crippen molar-refractivity contribution >= 4 is 28.6 Å². The molecule has 0 saturated heterocycles. The smallest absolute Gasteiger partial charge is 0.264 e. The Labute approximate surface area is 128 Å². The fourth-order valence-electron chi connectivity index (χ4n) is 1.98. The van der Waals surface area contributed by atoms with Crippen molar-refractivity contribution in [2.75, 3.05) is 27.2 Å². The van der Waals surface area contributed by atoms with Gasteiger partial charge in [-0.2, -0.15) is 0 Å². The lowest BCUT2D eigenvalue weighted by atomic mass is 10.3. The second-order valence-electron chi connectivity index (χ2n) is 4.94. The lowest BCUT2D eigenvalue weighted by Crippen LogP contribution is -2.32. The number of carbonyl (C=O) groups is 1. The summed E-state index contributed by atoms with van der Waals surface area (Å²) in [5.74, 6) is 0.146. The van der Waals surface area contributed by atoms with E-state index in [0.717, 1.165) is 24.4 Å². The van der Waals surface area contributed by atoms with Crippen molar-refractivity contribution in [3.63, 3.8) is 0 Å². The molecule has 0 aliphatic carbocycles. The third-order valence-corrected chi connectivity index (χ3v) is 4.70. The molecule has 0 spiro atoms. The molecule has 0 N–H and O–H groups in total. The van der Waals surface area contributed by atoms with E-state index in [2.05, 4.69) is 30.4 Å². The van der Waals surface area contributed by atoms with E-state index in [1.165, 1.54) is 16.2 Å². The summed E-state index contributed by atoms with van der Waals surface area (Å²) in [6.45, 7) is 2.51. The van der Waals surface area contributed by atoms with Gasteiger partial charge < -0.3 is 9.80 Å². The molecule has 3 nitrogen and oxygen atoms in total. The Morgan fingerprint density at radius 2 is 1.85 bits per heavy atom. The average Bonchev–Trinajstić information content (AvgIpc) is 3.09. The summed E-state index contributed by atoms with van der Waals surface area (Å²) in [6, 6.07) is 7.96. The first-order valence-corrected chi connectivity index (χ1v) is 8.42. The van der Waals surface area contributed by atoms with Crippen LogP contribution in [0.5, 0.6) is 0 Å². The zero-order valence-electron chi connectivity index (χ0n) is 11.9. The standard InChI is InChI=1S/C15H20N2OS2/c1-16(2)8-5-9-17(12-13-6-3-10-19-13)15(18)14-7-4-11-20-14/h3-4,6-7,10-11H,5,8-9,12H2,1-2H3. The van der Waals surface area contributed by atoms with Crippen LogP contribution in [0.4, 0.5) is 0 Å². The lowest BCUT2D eigenvalue weighted by molar-refractivity contribution is 0.0744.